The van der Waals surface area contributed by atoms with Crippen molar-refractivity contribution in [3.63, 3.8) is 0 Å². The first-order valence-electron chi connectivity index (χ1n) is 6.95. The molecule has 0 radical (unpaired) electrons. The number of piperidine rings is 1. The molecule has 110 valence electrons. The number of fused-ring (bicyclic) bond motifs is 1. The van der Waals surface area contributed by atoms with Gasteiger partial charge in [0.05, 0.1) is 0 Å². The van der Waals surface area contributed by atoms with Gasteiger partial charge < -0.3 is 14.2 Å². The lowest BCUT2D eigenvalue weighted by molar-refractivity contribution is 0.0266. The number of halogens is 1. The molecule has 1 aliphatic carbocycles. The van der Waals surface area contributed by atoms with Crippen molar-refractivity contribution in [2.75, 3.05) is 13.1 Å². The van der Waals surface area contributed by atoms with E-state index in [-0.39, 0.29) is 6.09 Å². The minimum atomic E-state index is -0.416. The van der Waals surface area contributed by atoms with Gasteiger partial charge in [0.15, 0.2) is 0 Å². The van der Waals surface area contributed by atoms with Crippen LogP contribution in [0.2, 0.25) is 0 Å². The summed E-state index contributed by atoms with van der Waals surface area (Å²) in [5.41, 5.74) is -0.416. The standard InChI is InChI=1S/C14H20IN3O2/c1-8-16-11(15)7-18(8)12-9-5-17(6-10(9)12)13(19)20-14(2,3)4/h7,9-10,12H,5-6H2,1-4H3/t9-,10+,12?. The number of aryl methyl sites for hydroxylation is 1. The minimum absolute atomic E-state index is 0.180. The van der Waals surface area contributed by atoms with Crippen molar-refractivity contribution in [3.05, 3.63) is 15.7 Å². The van der Waals surface area contributed by atoms with Crippen LogP contribution in [0.4, 0.5) is 4.79 Å². The van der Waals surface area contributed by atoms with E-state index < -0.39 is 5.60 Å². The number of amides is 1. The van der Waals surface area contributed by atoms with Crippen molar-refractivity contribution in [2.45, 2.75) is 39.3 Å². The van der Waals surface area contributed by atoms with Crippen LogP contribution in [0.5, 0.6) is 0 Å². The summed E-state index contributed by atoms with van der Waals surface area (Å²) in [6.07, 6.45) is 1.93. The lowest BCUT2D eigenvalue weighted by Gasteiger charge is -2.26. The van der Waals surface area contributed by atoms with Gasteiger partial charge in [-0.15, -0.1) is 0 Å². The second kappa shape index (κ2) is 4.61. The Bertz CT molecular complexity index is 537. The van der Waals surface area contributed by atoms with Crippen LogP contribution < -0.4 is 0 Å². The summed E-state index contributed by atoms with van der Waals surface area (Å²) in [7, 11) is 0. The molecule has 2 heterocycles. The van der Waals surface area contributed by atoms with Crippen LogP contribution in [0.15, 0.2) is 6.20 Å². The number of ether oxygens (including phenoxy) is 1. The highest BCUT2D eigenvalue weighted by Crippen LogP contribution is 2.55. The SMILES string of the molecule is Cc1nc(I)cn1C1[C@H]2CN(C(=O)OC(C)(C)C)C[C@@H]12. The first kappa shape index (κ1) is 14.2. The summed E-state index contributed by atoms with van der Waals surface area (Å²) < 4.78 is 8.73. The maximum absolute atomic E-state index is 12.0. The van der Waals surface area contributed by atoms with Crippen LogP contribution in [0, 0.1) is 22.5 Å². The fourth-order valence-corrected chi connectivity index (χ4v) is 3.78. The zero-order valence-corrected chi connectivity index (χ0v) is 14.4. The second-order valence-corrected chi connectivity index (χ2v) is 7.83. The topological polar surface area (TPSA) is 47.4 Å². The molecule has 0 spiro atoms. The van der Waals surface area contributed by atoms with Gasteiger partial charge in [-0.25, -0.2) is 9.78 Å². The lowest BCUT2D eigenvalue weighted by atomic mass is 10.2. The highest BCUT2D eigenvalue weighted by Gasteiger charge is 2.58. The summed E-state index contributed by atoms with van der Waals surface area (Å²) in [6, 6.07) is 0.518. The van der Waals surface area contributed by atoms with Crippen molar-refractivity contribution >= 4 is 28.7 Å². The monoisotopic (exact) mass is 389 g/mol. The van der Waals surface area contributed by atoms with Crippen LogP contribution in [0.3, 0.4) is 0 Å². The second-order valence-electron chi connectivity index (χ2n) is 6.72. The highest BCUT2D eigenvalue weighted by atomic mass is 127. The average Bonchev–Trinajstić information content (AvgIpc) is 2.67. The Morgan fingerprint density at radius 2 is 2.00 bits per heavy atom. The normalized spacial score (nSPS) is 28.4. The first-order valence-corrected chi connectivity index (χ1v) is 8.03. The number of likely N-dealkylation sites (tertiary alicyclic amines) is 1. The Kier molecular flexibility index (Phi) is 3.26. The molecule has 1 amide bonds. The molecule has 2 aliphatic rings. The molecule has 0 aromatic carbocycles. The molecule has 1 saturated carbocycles. The van der Waals surface area contributed by atoms with E-state index in [0.29, 0.717) is 17.9 Å². The van der Waals surface area contributed by atoms with Gasteiger partial charge in [0, 0.05) is 37.2 Å². The largest absolute Gasteiger partial charge is 0.444 e. The molecular weight excluding hydrogens is 369 g/mol. The van der Waals surface area contributed by atoms with Crippen LogP contribution in [0.25, 0.3) is 0 Å². The van der Waals surface area contributed by atoms with Gasteiger partial charge in [-0.2, -0.15) is 0 Å². The fraction of sp³-hybridized carbons (Fsp3) is 0.714. The third-order valence-electron chi connectivity index (χ3n) is 4.01. The molecule has 1 aromatic heterocycles. The molecular formula is C14H20IN3O2. The lowest BCUT2D eigenvalue weighted by Crippen LogP contribution is -2.37. The molecule has 20 heavy (non-hydrogen) atoms. The van der Waals surface area contributed by atoms with Gasteiger partial charge in [-0.05, 0) is 50.3 Å². The zero-order valence-electron chi connectivity index (χ0n) is 12.3. The van der Waals surface area contributed by atoms with Crippen molar-refractivity contribution in [1.82, 2.24) is 14.5 Å². The van der Waals surface area contributed by atoms with E-state index in [4.69, 9.17) is 4.74 Å². The Morgan fingerprint density at radius 3 is 2.45 bits per heavy atom. The van der Waals surface area contributed by atoms with Crippen LogP contribution in [-0.2, 0) is 4.74 Å². The van der Waals surface area contributed by atoms with Crippen LogP contribution >= 0.6 is 22.6 Å². The molecule has 2 fully saturated rings. The van der Waals surface area contributed by atoms with E-state index in [1.54, 1.807) is 0 Å². The molecule has 3 rings (SSSR count). The summed E-state index contributed by atoms with van der Waals surface area (Å²) in [6.45, 7) is 9.36. The van der Waals surface area contributed by atoms with Crippen molar-refractivity contribution in [1.29, 1.82) is 0 Å². The molecule has 0 bridgehead atoms. The van der Waals surface area contributed by atoms with Gasteiger partial charge in [0.25, 0.3) is 0 Å². The number of hydrogen-bond donors (Lipinski definition) is 0. The van der Waals surface area contributed by atoms with Gasteiger partial charge >= 0.3 is 6.09 Å². The third kappa shape index (κ3) is 2.54. The van der Waals surface area contributed by atoms with E-state index in [1.165, 1.54) is 0 Å². The Hall–Kier alpha value is -0.790. The number of nitrogens with zero attached hydrogens (tertiary/aromatic N) is 3. The first-order chi connectivity index (χ1) is 9.26. The maximum Gasteiger partial charge on any atom is 0.410 e. The molecule has 1 unspecified atom stereocenters. The Morgan fingerprint density at radius 1 is 1.40 bits per heavy atom. The number of hydrogen-bond acceptors (Lipinski definition) is 3. The number of carbonyl (C=O) groups excluding carboxylic acids is 1. The van der Waals surface area contributed by atoms with E-state index >= 15 is 0 Å². The van der Waals surface area contributed by atoms with Gasteiger partial charge in [-0.1, -0.05) is 0 Å². The molecule has 1 aliphatic heterocycles. The minimum Gasteiger partial charge on any atom is -0.444 e. The molecule has 5 nitrogen and oxygen atoms in total. The van der Waals surface area contributed by atoms with E-state index in [9.17, 15) is 4.79 Å². The highest BCUT2D eigenvalue weighted by molar-refractivity contribution is 14.1. The predicted octanol–water partition coefficient (Wildman–Crippen LogP) is 2.83. The fourth-order valence-electron chi connectivity index (χ4n) is 3.13. The number of carbonyl (C=O) groups is 1. The molecule has 0 N–H and O–H groups in total. The number of aromatic nitrogens is 2. The average molecular weight is 389 g/mol. The number of rotatable bonds is 1. The third-order valence-corrected chi connectivity index (χ3v) is 4.53. The molecule has 3 atom stereocenters. The Labute approximate surface area is 132 Å². The zero-order chi connectivity index (χ0) is 14.7. The van der Waals surface area contributed by atoms with E-state index in [0.717, 1.165) is 22.6 Å². The van der Waals surface area contributed by atoms with Crippen LogP contribution in [0.1, 0.15) is 32.6 Å². The van der Waals surface area contributed by atoms with Gasteiger partial charge in [-0.3, -0.25) is 0 Å². The quantitative estimate of drug-likeness (QED) is 0.695. The summed E-state index contributed by atoms with van der Waals surface area (Å²) >= 11 is 2.24. The van der Waals surface area contributed by atoms with Crippen molar-refractivity contribution in [3.8, 4) is 0 Å². The summed E-state index contributed by atoms with van der Waals surface area (Å²) in [5.74, 6) is 2.19. The van der Waals surface area contributed by atoms with Crippen molar-refractivity contribution in [2.24, 2.45) is 11.8 Å². The predicted molar refractivity (Wildman–Crippen MR) is 83.5 cm³/mol. The van der Waals surface area contributed by atoms with Gasteiger partial charge in [0.2, 0.25) is 0 Å². The van der Waals surface area contributed by atoms with E-state index in [2.05, 4.69) is 38.3 Å². The van der Waals surface area contributed by atoms with E-state index in [1.807, 2.05) is 32.6 Å². The summed E-state index contributed by atoms with van der Waals surface area (Å²) in [4.78, 5) is 18.3. The molecule has 6 heteroatoms. The Balaban J connectivity index is 1.61. The van der Waals surface area contributed by atoms with Crippen LogP contribution in [-0.4, -0.2) is 39.2 Å². The summed E-state index contributed by atoms with van der Waals surface area (Å²) in [5, 5.41) is 0. The van der Waals surface area contributed by atoms with Crippen molar-refractivity contribution < 1.29 is 9.53 Å². The molecule has 1 aromatic rings. The smallest absolute Gasteiger partial charge is 0.410 e. The van der Waals surface area contributed by atoms with Gasteiger partial charge in [0.1, 0.15) is 15.1 Å². The maximum atomic E-state index is 12.0. The number of imidazole rings is 1. The molecule has 1 saturated heterocycles.